The van der Waals surface area contributed by atoms with E-state index in [-0.39, 0.29) is 12.2 Å². The Morgan fingerprint density at radius 3 is 2.14 bits per heavy atom. The number of carbonyl (C=O) groups excluding carboxylic acids is 1. The van der Waals surface area contributed by atoms with E-state index in [2.05, 4.69) is 58.7 Å². The van der Waals surface area contributed by atoms with Crippen LogP contribution in [0.1, 0.15) is 74.1 Å². The number of nitrogens with one attached hydrogen (secondary N) is 1. The Labute approximate surface area is 130 Å². The Balaban J connectivity index is 2.24. The lowest BCUT2D eigenvalue weighted by molar-refractivity contribution is -0.135. The topological polar surface area (TPSA) is 32.3 Å². The first kappa shape index (κ1) is 16.8. The van der Waals surface area contributed by atoms with Gasteiger partial charge in [0.25, 0.3) is 0 Å². The fourth-order valence-corrected chi connectivity index (χ4v) is 4.88. The van der Waals surface area contributed by atoms with Crippen molar-refractivity contribution in [1.82, 2.24) is 10.2 Å². The molecule has 21 heavy (non-hydrogen) atoms. The van der Waals surface area contributed by atoms with Gasteiger partial charge in [0.1, 0.15) is 0 Å². The molecule has 2 atom stereocenters. The molecule has 1 N–H and O–H groups in total. The van der Waals surface area contributed by atoms with Crippen LogP contribution in [0.25, 0.3) is 0 Å². The summed E-state index contributed by atoms with van der Waals surface area (Å²) in [6.07, 6.45) is 4.72. The van der Waals surface area contributed by atoms with E-state index < -0.39 is 0 Å². The molecule has 0 aromatic rings. The zero-order valence-electron chi connectivity index (χ0n) is 15.0. The van der Waals surface area contributed by atoms with Crippen molar-refractivity contribution in [1.29, 1.82) is 0 Å². The van der Waals surface area contributed by atoms with E-state index in [1.807, 2.05) is 0 Å². The summed E-state index contributed by atoms with van der Waals surface area (Å²) in [4.78, 5) is 15.1. The molecule has 0 radical (unpaired) electrons. The van der Waals surface area contributed by atoms with Gasteiger partial charge in [0.05, 0.1) is 12.2 Å². The minimum Gasteiger partial charge on any atom is -0.323 e. The van der Waals surface area contributed by atoms with Crippen molar-refractivity contribution in [3.05, 3.63) is 0 Å². The average Bonchev–Trinajstić information content (AvgIpc) is 2.62. The standard InChI is InChI=1S/C18H34N2O/c1-8-14-19-15(12(2)3)16(21)20(14)13-9-17(4,5)11-18(6,7)10-13/h12-15,19H,8-11H2,1-7H3. The zero-order chi connectivity index (χ0) is 16.0. The quantitative estimate of drug-likeness (QED) is 0.859. The molecule has 1 aliphatic carbocycles. The first-order valence-corrected chi connectivity index (χ1v) is 8.64. The monoisotopic (exact) mass is 294 g/mol. The van der Waals surface area contributed by atoms with Gasteiger partial charge in [0.15, 0.2) is 0 Å². The van der Waals surface area contributed by atoms with Gasteiger partial charge in [0.2, 0.25) is 5.91 Å². The highest BCUT2D eigenvalue weighted by atomic mass is 16.2. The molecule has 2 fully saturated rings. The fourth-order valence-electron chi connectivity index (χ4n) is 4.88. The lowest BCUT2D eigenvalue weighted by Crippen LogP contribution is -2.51. The summed E-state index contributed by atoms with van der Waals surface area (Å²) in [6, 6.07) is 0.389. The van der Waals surface area contributed by atoms with E-state index in [1.54, 1.807) is 0 Å². The summed E-state index contributed by atoms with van der Waals surface area (Å²) in [5.41, 5.74) is 0.641. The summed E-state index contributed by atoms with van der Waals surface area (Å²) < 4.78 is 0. The highest BCUT2D eigenvalue weighted by molar-refractivity contribution is 5.85. The van der Waals surface area contributed by atoms with Crippen LogP contribution in [0, 0.1) is 16.7 Å². The van der Waals surface area contributed by atoms with Gasteiger partial charge < -0.3 is 4.90 Å². The van der Waals surface area contributed by atoms with Crippen molar-refractivity contribution < 1.29 is 4.79 Å². The van der Waals surface area contributed by atoms with Crippen LogP contribution in [-0.4, -0.2) is 29.1 Å². The number of nitrogens with zero attached hydrogens (tertiary/aromatic N) is 1. The first-order valence-electron chi connectivity index (χ1n) is 8.64. The van der Waals surface area contributed by atoms with E-state index in [0.717, 1.165) is 19.3 Å². The number of hydrogen-bond acceptors (Lipinski definition) is 2. The Hall–Kier alpha value is -0.570. The van der Waals surface area contributed by atoms with Gasteiger partial charge in [-0.05, 0) is 42.4 Å². The number of carbonyl (C=O) groups is 1. The summed E-state index contributed by atoms with van der Waals surface area (Å²) in [5, 5.41) is 3.57. The zero-order valence-corrected chi connectivity index (χ0v) is 15.0. The second-order valence-corrected chi connectivity index (χ2v) is 9.13. The second kappa shape index (κ2) is 5.57. The molecular weight excluding hydrogens is 260 g/mol. The Bertz CT molecular complexity index is 384. The molecule has 122 valence electrons. The third kappa shape index (κ3) is 3.44. The van der Waals surface area contributed by atoms with Crippen molar-refractivity contribution >= 4 is 5.91 Å². The van der Waals surface area contributed by atoms with Crippen LogP contribution in [0.4, 0.5) is 0 Å². The van der Waals surface area contributed by atoms with Crippen molar-refractivity contribution in [2.45, 2.75) is 92.4 Å². The predicted octanol–water partition coefficient (Wildman–Crippen LogP) is 3.78. The average molecular weight is 294 g/mol. The molecule has 2 aliphatic rings. The molecule has 1 saturated carbocycles. The fraction of sp³-hybridized carbons (Fsp3) is 0.944. The van der Waals surface area contributed by atoms with E-state index in [0.29, 0.717) is 28.7 Å². The molecule has 2 unspecified atom stereocenters. The van der Waals surface area contributed by atoms with E-state index in [9.17, 15) is 4.79 Å². The second-order valence-electron chi connectivity index (χ2n) is 9.13. The van der Waals surface area contributed by atoms with Crippen LogP contribution < -0.4 is 5.32 Å². The molecule has 0 spiro atoms. The maximum Gasteiger partial charge on any atom is 0.241 e. The number of rotatable bonds is 3. The van der Waals surface area contributed by atoms with E-state index >= 15 is 0 Å². The maximum absolute atomic E-state index is 12.9. The van der Waals surface area contributed by atoms with Crippen molar-refractivity contribution in [3.8, 4) is 0 Å². The van der Waals surface area contributed by atoms with Gasteiger partial charge in [-0.25, -0.2) is 0 Å². The molecule has 2 rings (SSSR count). The third-order valence-corrected chi connectivity index (χ3v) is 5.21. The van der Waals surface area contributed by atoms with Gasteiger partial charge in [-0.1, -0.05) is 48.5 Å². The smallest absolute Gasteiger partial charge is 0.241 e. The molecule has 0 aromatic heterocycles. The van der Waals surface area contributed by atoms with Gasteiger partial charge in [-0.3, -0.25) is 10.1 Å². The van der Waals surface area contributed by atoms with Crippen LogP contribution in [0.3, 0.4) is 0 Å². The third-order valence-electron chi connectivity index (χ3n) is 5.21. The largest absolute Gasteiger partial charge is 0.323 e. The van der Waals surface area contributed by atoms with Crippen LogP contribution in [0.2, 0.25) is 0 Å². The van der Waals surface area contributed by atoms with Crippen molar-refractivity contribution in [2.75, 3.05) is 0 Å². The van der Waals surface area contributed by atoms with Crippen LogP contribution in [-0.2, 0) is 4.79 Å². The Morgan fingerprint density at radius 2 is 1.71 bits per heavy atom. The molecule has 0 bridgehead atoms. The maximum atomic E-state index is 12.9. The summed E-state index contributed by atoms with van der Waals surface area (Å²) in [7, 11) is 0. The van der Waals surface area contributed by atoms with Gasteiger partial charge in [-0.15, -0.1) is 0 Å². The molecule has 3 heteroatoms. The summed E-state index contributed by atoms with van der Waals surface area (Å²) in [6.45, 7) is 15.9. The summed E-state index contributed by atoms with van der Waals surface area (Å²) >= 11 is 0. The van der Waals surface area contributed by atoms with Crippen LogP contribution in [0.15, 0.2) is 0 Å². The molecule has 0 aromatic carbocycles. The molecular formula is C18H34N2O. The number of hydrogen-bond donors (Lipinski definition) is 1. The molecule has 1 aliphatic heterocycles. The van der Waals surface area contributed by atoms with Crippen molar-refractivity contribution in [2.24, 2.45) is 16.7 Å². The molecule has 1 saturated heterocycles. The number of amides is 1. The Morgan fingerprint density at radius 1 is 1.19 bits per heavy atom. The van der Waals surface area contributed by atoms with E-state index in [4.69, 9.17) is 0 Å². The minimum atomic E-state index is 0.00287. The SMILES string of the molecule is CCC1NC(C(C)C)C(=O)N1C1CC(C)(C)CC(C)(C)C1. The normalized spacial score (nSPS) is 33.0. The first-order chi connectivity index (χ1) is 9.56. The Kier molecular flexibility index (Phi) is 4.45. The molecule has 3 nitrogen and oxygen atoms in total. The van der Waals surface area contributed by atoms with Gasteiger partial charge >= 0.3 is 0 Å². The van der Waals surface area contributed by atoms with E-state index in [1.165, 1.54) is 6.42 Å². The van der Waals surface area contributed by atoms with Gasteiger partial charge in [-0.2, -0.15) is 0 Å². The van der Waals surface area contributed by atoms with Crippen molar-refractivity contribution in [3.63, 3.8) is 0 Å². The molecule has 1 amide bonds. The lowest BCUT2D eigenvalue weighted by atomic mass is 9.63. The van der Waals surface area contributed by atoms with Gasteiger partial charge in [0, 0.05) is 6.04 Å². The highest BCUT2D eigenvalue weighted by Crippen LogP contribution is 2.48. The summed E-state index contributed by atoms with van der Waals surface area (Å²) in [5.74, 6) is 0.691. The lowest BCUT2D eigenvalue weighted by Gasteiger charge is -2.48. The highest BCUT2D eigenvalue weighted by Gasteiger charge is 2.48. The van der Waals surface area contributed by atoms with Crippen LogP contribution in [0.5, 0.6) is 0 Å². The minimum absolute atomic E-state index is 0.00287. The van der Waals surface area contributed by atoms with Crippen LogP contribution >= 0.6 is 0 Å². The molecule has 1 heterocycles. The predicted molar refractivity (Wildman–Crippen MR) is 87.9 cm³/mol.